The first-order valence-electron chi connectivity index (χ1n) is 18.4. The summed E-state index contributed by atoms with van der Waals surface area (Å²) in [7, 11) is -2.76. The molecule has 298 valence electrons. The number of H-pyrrole nitrogens is 1. The van der Waals surface area contributed by atoms with Crippen LogP contribution < -0.4 is 16.2 Å². The number of carbonyl (C=O) groups is 2. The first kappa shape index (κ1) is 39.3. The van der Waals surface area contributed by atoms with Crippen LogP contribution in [0.3, 0.4) is 0 Å². The van der Waals surface area contributed by atoms with Gasteiger partial charge < -0.3 is 19.3 Å². The molecule has 0 saturated carbocycles. The molecule has 2 fully saturated rings. The summed E-state index contributed by atoms with van der Waals surface area (Å²) >= 11 is 0. The highest BCUT2D eigenvalue weighted by atomic mass is 31.2. The molecule has 4 aromatic heterocycles. The maximum absolute atomic E-state index is 16.1. The van der Waals surface area contributed by atoms with Crippen molar-refractivity contribution in [3.63, 3.8) is 0 Å². The number of fused-ring (bicyclic) bond motifs is 2. The lowest BCUT2D eigenvalue weighted by atomic mass is 9.91. The Balaban J connectivity index is 1.08. The van der Waals surface area contributed by atoms with Gasteiger partial charge in [-0.3, -0.25) is 42.9 Å². The van der Waals surface area contributed by atoms with Crippen molar-refractivity contribution in [1.29, 1.82) is 0 Å². The lowest BCUT2D eigenvalue weighted by Gasteiger charge is -2.26. The van der Waals surface area contributed by atoms with Crippen molar-refractivity contribution in [2.75, 3.05) is 23.9 Å². The highest BCUT2D eigenvalue weighted by Crippen LogP contribution is 2.54. The molecule has 6 heterocycles. The Hall–Kier alpha value is -4.94. The molecule has 2 amide bonds. The molecule has 3 N–H and O–H groups in total. The van der Waals surface area contributed by atoms with Gasteiger partial charge in [0.25, 0.3) is 11.5 Å². The predicted molar refractivity (Wildman–Crippen MR) is 202 cm³/mol. The van der Waals surface area contributed by atoms with E-state index in [1.807, 2.05) is 19.9 Å². The number of imidazole rings is 2. The van der Waals surface area contributed by atoms with Crippen LogP contribution >= 0.6 is 7.60 Å². The van der Waals surface area contributed by atoms with Crippen molar-refractivity contribution in [1.82, 2.24) is 39.0 Å². The van der Waals surface area contributed by atoms with E-state index < -0.39 is 50.1 Å². The molecule has 0 radical (unpaired) electrons. The number of nitrogens with one attached hydrogen (secondary N) is 3. The van der Waals surface area contributed by atoms with E-state index in [0.29, 0.717) is 16.7 Å². The van der Waals surface area contributed by atoms with E-state index in [1.165, 1.54) is 24.3 Å². The van der Waals surface area contributed by atoms with E-state index in [4.69, 9.17) is 18.5 Å². The smallest absolute Gasteiger partial charge is 0.331 e. The normalized spacial score (nSPS) is 26.2. The molecule has 1 aromatic carbocycles. The maximum atomic E-state index is 16.1. The fraction of sp³-hybridized carbons (Fsp3) is 0.500. The zero-order valence-electron chi connectivity index (χ0n) is 31.7. The molecule has 5 aromatic rings. The highest BCUT2D eigenvalue weighted by Gasteiger charge is 2.50. The van der Waals surface area contributed by atoms with Gasteiger partial charge in [0.1, 0.15) is 18.7 Å². The molecule has 2 aliphatic heterocycles. The van der Waals surface area contributed by atoms with Gasteiger partial charge in [-0.05, 0) is 30.9 Å². The van der Waals surface area contributed by atoms with E-state index >= 15 is 4.39 Å². The zero-order chi connectivity index (χ0) is 39.9. The largest absolute Gasteiger partial charge is 0.354 e. The van der Waals surface area contributed by atoms with Gasteiger partial charge in [-0.1, -0.05) is 52.8 Å². The summed E-state index contributed by atoms with van der Waals surface area (Å²) in [5, 5.41) is 5.37. The topological polar surface area (TPSA) is 219 Å². The molecule has 20 heteroatoms. The van der Waals surface area contributed by atoms with Crippen molar-refractivity contribution in [2.45, 2.75) is 84.4 Å². The second-order valence-corrected chi connectivity index (χ2v) is 16.6. The van der Waals surface area contributed by atoms with Crippen LogP contribution in [-0.4, -0.2) is 88.6 Å². The molecule has 7 rings (SSSR count). The molecule has 0 aliphatic carbocycles. The van der Waals surface area contributed by atoms with Crippen LogP contribution in [0.4, 0.5) is 16.2 Å². The van der Waals surface area contributed by atoms with Gasteiger partial charge in [0.05, 0.1) is 31.0 Å². The lowest BCUT2D eigenvalue weighted by molar-refractivity contribution is -0.118. The molecular weight excluding hydrogens is 750 g/mol. The van der Waals surface area contributed by atoms with Crippen molar-refractivity contribution < 1.29 is 37.1 Å². The maximum Gasteiger partial charge on any atom is 0.331 e. The number of carbonyl (C=O) groups excluding carboxylic acids is 2. The number of ether oxygens (including phenoxy) is 2. The Morgan fingerprint density at radius 1 is 0.964 bits per heavy atom. The lowest BCUT2D eigenvalue weighted by Crippen LogP contribution is -2.31. The van der Waals surface area contributed by atoms with E-state index in [2.05, 4.69) is 40.5 Å². The van der Waals surface area contributed by atoms with Gasteiger partial charge in [-0.25, -0.2) is 24.3 Å². The standard InChI is InChI=1S/C36H44FN10O8P/c1-7-22-24(37)27(35(53-22)47-17-41-26-30(47)43-36(45-33(26)50)44-31(48)18(2)3)55-56(51,52-6)14-13-23-19(4)20(5)34(54-23)46-16-40-25-28(38-15-39-29(25)46)42-32(49)21-11-9-8-10-12-21/h8-12,15-20,22-24,27,34-35H,7,13-14H2,1-6H3,(H,38,39,42,49)(H2,43,44,45,48,50). The van der Waals surface area contributed by atoms with Crippen molar-refractivity contribution in [3.05, 3.63) is 65.2 Å². The van der Waals surface area contributed by atoms with Crippen LogP contribution in [0.15, 0.2) is 54.1 Å². The van der Waals surface area contributed by atoms with Gasteiger partial charge in [-0.2, -0.15) is 4.98 Å². The number of aromatic nitrogens is 8. The fourth-order valence-electron chi connectivity index (χ4n) is 7.02. The first-order valence-corrected chi connectivity index (χ1v) is 20.1. The Kier molecular flexibility index (Phi) is 11.2. The summed E-state index contributed by atoms with van der Waals surface area (Å²) in [5.74, 6) is -1.05. The van der Waals surface area contributed by atoms with E-state index in [-0.39, 0.29) is 71.5 Å². The van der Waals surface area contributed by atoms with Crippen molar-refractivity contribution in [2.24, 2.45) is 17.8 Å². The minimum atomic E-state index is -3.99. The van der Waals surface area contributed by atoms with Crippen LogP contribution in [0.1, 0.15) is 70.3 Å². The number of anilines is 2. The van der Waals surface area contributed by atoms with Crippen molar-refractivity contribution in [3.8, 4) is 0 Å². The first-order chi connectivity index (χ1) is 26.8. The molecule has 9 unspecified atom stereocenters. The van der Waals surface area contributed by atoms with Crippen LogP contribution in [0.25, 0.3) is 22.3 Å². The second kappa shape index (κ2) is 15.9. The number of alkyl halides is 1. The summed E-state index contributed by atoms with van der Waals surface area (Å²) in [5.41, 5.74) is 0.639. The number of rotatable bonds is 13. The number of amides is 2. The number of aromatic amines is 1. The van der Waals surface area contributed by atoms with E-state index in [0.717, 1.165) is 0 Å². The minimum absolute atomic E-state index is 0.0128. The number of hydrogen-bond donors (Lipinski definition) is 3. The van der Waals surface area contributed by atoms with Gasteiger partial charge >= 0.3 is 7.60 Å². The van der Waals surface area contributed by atoms with Crippen LogP contribution in [0, 0.1) is 17.8 Å². The number of halogens is 1. The van der Waals surface area contributed by atoms with Crippen LogP contribution in [0.5, 0.6) is 0 Å². The third kappa shape index (κ3) is 7.48. The second-order valence-electron chi connectivity index (χ2n) is 14.3. The minimum Gasteiger partial charge on any atom is -0.354 e. The van der Waals surface area contributed by atoms with Gasteiger partial charge in [-0.15, -0.1) is 0 Å². The average molecular weight is 795 g/mol. The molecule has 2 saturated heterocycles. The summed E-state index contributed by atoms with van der Waals surface area (Å²) in [6.45, 7) is 9.17. The SMILES string of the molecule is CCC1OC(n2cnc3c(=O)[nH]c(NC(=O)C(C)C)nc32)C(OP(=O)(CCC2OC(n3cnc4c(NC(=O)c5ccccc5)ncnc43)C(C)C2C)OC)C1F. The third-order valence-electron chi connectivity index (χ3n) is 10.5. The van der Waals surface area contributed by atoms with Gasteiger partial charge in [0.2, 0.25) is 11.9 Å². The quantitative estimate of drug-likeness (QED) is 0.130. The number of nitrogens with zero attached hydrogens (tertiary/aromatic N) is 7. The van der Waals surface area contributed by atoms with Crippen LogP contribution in [0.2, 0.25) is 0 Å². The molecule has 0 bridgehead atoms. The van der Waals surface area contributed by atoms with Crippen LogP contribution in [-0.2, 0) is 27.9 Å². The summed E-state index contributed by atoms with van der Waals surface area (Å²) in [6, 6.07) is 8.75. The fourth-order valence-corrected chi connectivity index (χ4v) is 8.56. The Morgan fingerprint density at radius 2 is 1.66 bits per heavy atom. The zero-order valence-corrected chi connectivity index (χ0v) is 32.6. The monoisotopic (exact) mass is 794 g/mol. The number of hydrogen-bond acceptors (Lipinski definition) is 13. The summed E-state index contributed by atoms with van der Waals surface area (Å²) in [4.78, 5) is 62.3. The molecule has 56 heavy (non-hydrogen) atoms. The van der Waals surface area contributed by atoms with E-state index in [9.17, 15) is 18.9 Å². The van der Waals surface area contributed by atoms with Gasteiger partial charge in [0.15, 0.2) is 40.5 Å². The number of benzene rings is 1. The molecule has 0 spiro atoms. The highest BCUT2D eigenvalue weighted by molar-refractivity contribution is 7.53. The molecule has 2 aliphatic rings. The molecular formula is C36H44FN10O8P. The van der Waals surface area contributed by atoms with E-state index in [1.54, 1.807) is 55.9 Å². The molecule has 9 atom stereocenters. The Bertz CT molecular complexity index is 2340. The summed E-state index contributed by atoms with van der Waals surface area (Å²) < 4.78 is 57.7. The molecule has 18 nitrogen and oxygen atoms in total. The summed E-state index contributed by atoms with van der Waals surface area (Å²) in [6.07, 6.45) is -1.63. The Morgan fingerprint density at radius 3 is 2.36 bits per heavy atom. The Labute approximate surface area is 320 Å². The van der Waals surface area contributed by atoms with Crippen molar-refractivity contribution >= 4 is 53.5 Å². The predicted octanol–water partition coefficient (Wildman–Crippen LogP) is 5.24. The average Bonchev–Trinajstić information content (AvgIpc) is 3.96. The third-order valence-corrected chi connectivity index (χ3v) is 12.4. The van der Waals surface area contributed by atoms with Gasteiger partial charge in [0, 0.05) is 24.5 Å².